The molecule has 0 radical (unpaired) electrons. The molecule has 0 bridgehead atoms. The molecule has 33 heavy (non-hydrogen) atoms. The summed E-state index contributed by atoms with van der Waals surface area (Å²) < 4.78 is 37.1. The van der Waals surface area contributed by atoms with Crippen molar-refractivity contribution in [2.45, 2.75) is 23.7 Å². The summed E-state index contributed by atoms with van der Waals surface area (Å²) in [6.45, 7) is 0.281. The summed E-state index contributed by atoms with van der Waals surface area (Å²) in [5.41, 5.74) is 0.838. The lowest BCUT2D eigenvalue weighted by atomic mass is 10.2. The number of ether oxygens (including phenoxy) is 2. The van der Waals surface area contributed by atoms with Crippen molar-refractivity contribution >= 4 is 27.5 Å². The summed E-state index contributed by atoms with van der Waals surface area (Å²) in [7, 11) is -3.06. The van der Waals surface area contributed by atoms with Crippen LogP contribution in [0.5, 0.6) is 11.5 Å². The number of amides is 1. The molecule has 2 atom stereocenters. The van der Waals surface area contributed by atoms with Crippen LogP contribution in [-0.4, -0.2) is 59.0 Å². The summed E-state index contributed by atoms with van der Waals surface area (Å²) in [6, 6.07) is 16.7. The zero-order chi connectivity index (χ0) is 22.8. The monoisotopic (exact) mass is 486 g/mol. The van der Waals surface area contributed by atoms with Gasteiger partial charge in [0.15, 0.2) is 38.4 Å². The van der Waals surface area contributed by atoms with Crippen LogP contribution in [0, 0.1) is 0 Å². The quantitative estimate of drug-likeness (QED) is 0.528. The molecule has 0 saturated carbocycles. The maximum atomic E-state index is 12.4. The first-order chi connectivity index (χ1) is 16.0. The van der Waals surface area contributed by atoms with E-state index < -0.39 is 15.9 Å². The molecule has 5 rings (SSSR count). The fourth-order valence-electron chi connectivity index (χ4n) is 3.86. The van der Waals surface area contributed by atoms with E-state index in [2.05, 4.69) is 15.5 Å². The van der Waals surface area contributed by atoms with Gasteiger partial charge in [-0.3, -0.25) is 9.36 Å². The minimum absolute atomic E-state index is 0.00571. The first kappa shape index (κ1) is 21.8. The van der Waals surface area contributed by atoms with Crippen molar-refractivity contribution in [3.8, 4) is 17.2 Å². The molecule has 1 N–H and O–H groups in total. The lowest BCUT2D eigenvalue weighted by Gasteiger charge is -2.26. The summed E-state index contributed by atoms with van der Waals surface area (Å²) in [5.74, 6) is 1.85. The fourth-order valence-corrected chi connectivity index (χ4v) is 6.30. The van der Waals surface area contributed by atoms with E-state index in [1.165, 1.54) is 11.8 Å². The molecule has 3 aromatic rings. The Morgan fingerprint density at radius 2 is 1.85 bits per heavy atom. The topological polar surface area (TPSA) is 112 Å². The van der Waals surface area contributed by atoms with Crippen LogP contribution in [0.2, 0.25) is 0 Å². The lowest BCUT2D eigenvalue weighted by molar-refractivity contribution is -0.119. The summed E-state index contributed by atoms with van der Waals surface area (Å²) >= 11 is 1.24. The van der Waals surface area contributed by atoms with Gasteiger partial charge < -0.3 is 14.8 Å². The number of carbonyl (C=O) groups excluding carboxylic acids is 1. The van der Waals surface area contributed by atoms with Crippen LogP contribution >= 0.6 is 11.8 Å². The third-order valence-corrected chi connectivity index (χ3v) is 8.10. The van der Waals surface area contributed by atoms with Gasteiger partial charge in [-0.2, -0.15) is 0 Å². The minimum atomic E-state index is -3.06. The third-order valence-electron chi connectivity index (χ3n) is 5.40. The largest absolute Gasteiger partial charge is 0.485 e. The number of hydrogen-bond acceptors (Lipinski definition) is 8. The molecule has 2 unspecified atom stereocenters. The predicted octanol–water partition coefficient (Wildman–Crippen LogP) is 2.18. The number of para-hydroxylation sites is 3. The summed E-state index contributed by atoms with van der Waals surface area (Å²) in [4.78, 5) is 12.4. The molecule has 1 amide bonds. The van der Waals surface area contributed by atoms with Crippen LogP contribution in [0.15, 0.2) is 59.8 Å². The molecule has 0 aliphatic carbocycles. The van der Waals surface area contributed by atoms with E-state index in [1.54, 1.807) is 0 Å². The summed E-state index contributed by atoms with van der Waals surface area (Å²) in [6.07, 6.45) is -0.0247. The van der Waals surface area contributed by atoms with E-state index in [0.717, 1.165) is 5.69 Å². The van der Waals surface area contributed by atoms with Crippen molar-refractivity contribution in [3.63, 3.8) is 0 Å². The van der Waals surface area contributed by atoms with Crippen LogP contribution in [0.25, 0.3) is 5.69 Å². The van der Waals surface area contributed by atoms with Gasteiger partial charge in [0, 0.05) is 11.7 Å². The SMILES string of the molecule is O=C(CSc1nnc(C2COc3ccccc3O2)n1-c1ccccc1)NC1CCS(=O)(=O)C1. The maximum Gasteiger partial charge on any atom is 0.230 e. The number of benzene rings is 2. The zero-order valence-electron chi connectivity index (χ0n) is 17.6. The Morgan fingerprint density at radius 3 is 2.61 bits per heavy atom. The van der Waals surface area contributed by atoms with Crippen LogP contribution in [0.3, 0.4) is 0 Å². The molecule has 1 saturated heterocycles. The van der Waals surface area contributed by atoms with Gasteiger partial charge in [-0.25, -0.2) is 8.42 Å². The Hall–Kier alpha value is -3.05. The number of rotatable bonds is 6. The van der Waals surface area contributed by atoms with Gasteiger partial charge in [0.1, 0.15) is 6.61 Å². The summed E-state index contributed by atoms with van der Waals surface area (Å²) in [5, 5.41) is 12.0. The van der Waals surface area contributed by atoms with Crippen LogP contribution in [0.4, 0.5) is 0 Å². The average molecular weight is 487 g/mol. The van der Waals surface area contributed by atoms with Crippen molar-refractivity contribution < 1.29 is 22.7 Å². The van der Waals surface area contributed by atoms with E-state index in [9.17, 15) is 13.2 Å². The van der Waals surface area contributed by atoms with Gasteiger partial charge in [0.2, 0.25) is 5.91 Å². The molecular weight excluding hydrogens is 464 g/mol. The van der Waals surface area contributed by atoms with Crippen molar-refractivity contribution in [1.29, 1.82) is 0 Å². The second kappa shape index (κ2) is 9.06. The van der Waals surface area contributed by atoms with Gasteiger partial charge in [0.25, 0.3) is 0 Å². The van der Waals surface area contributed by atoms with E-state index in [1.807, 2.05) is 59.2 Å². The van der Waals surface area contributed by atoms with E-state index in [0.29, 0.717) is 28.9 Å². The Balaban J connectivity index is 1.35. The smallest absolute Gasteiger partial charge is 0.230 e. The molecule has 0 spiro atoms. The Bertz CT molecular complexity index is 1260. The number of hydrogen-bond donors (Lipinski definition) is 1. The van der Waals surface area contributed by atoms with Crippen LogP contribution in [0.1, 0.15) is 18.3 Å². The fraction of sp³-hybridized carbons (Fsp3) is 0.318. The van der Waals surface area contributed by atoms with Gasteiger partial charge in [0.05, 0.1) is 17.3 Å². The molecule has 1 aromatic heterocycles. The van der Waals surface area contributed by atoms with Gasteiger partial charge >= 0.3 is 0 Å². The van der Waals surface area contributed by atoms with E-state index in [4.69, 9.17) is 9.47 Å². The highest BCUT2D eigenvalue weighted by molar-refractivity contribution is 7.99. The maximum absolute atomic E-state index is 12.4. The molecule has 9 nitrogen and oxygen atoms in total. The number of nitrogens with zero attached hydrogens (tertiary/aromatic N) is 3. The molecule has 1 fully saturated rings. The van der Waals surface area contributed by atoms with Gasteiger partial charge in [-0.15, -0.1) is 10.2 Å². The molecular formula is C22H22N4O5S2. The van der Waals surface area contributed by atoms with Gasteiger partial charge in [-0.05, 0) is 30.7 Å². The number of thioether (sulfide) groups is 1. The normalized spacial score (nSPS) is 21.0. The highest BCUT2D eigenvalue weighted by Gasteiger charge is 2.31. The van der Waals surface area contributed by atoms with Crippen LogP contribution < -0.4 is 14.8 Å². The Kier molecular flexibility index (Phi) is 5.98. The highest BCUT2D eigenvalue weighted by atomic mass is 32.2. The van der Waals surface area contributed by atoms with Gasteiger partial charge in [-0.1, -0.05) is 42.1 Å². The van der Waals surface area contributed by atoms with E-state index in [-0.39, 0.29) is 35.8 Å². The van der Waals surface area contributed by atoms with Crippen LogP contribution in [-0.2, 0) is 14.6 Å². The van der Waals surface area contributed by atoms with E-state index >= 15 is 0 Å². The molecule has 2 aromatic carbocycles. The number of carbonyl (C=O) groups is 1. The van der Waals surface area contributed by atoms with Crippen molar-refractivity contribution in [1.82, 2.24) is 20.1 Å². The molecule has 11 heteroatoms. The molecule has 3 heterocycles. The molecule has 2 aliphatic heterocycles. The molecule has 2 aliphatic rings. The Morgan fingerprint density at radius 1 is 1.09 bits per heavy atom. The van der Waals surface area contributed by atoms with Crippen molar-refractivity contribution in [3.05, 3.63) is 60.4 Å². The number of sulfone groups is 1. The molecule has 172 valence electrons. The zero-order valence-corrected chi connectivity index (χ0v) is 19.2. The number of fused-ring (bicyclic) bond motifs is 1. The lowest BCUT2D eigenvalue weighted by Crippen LogP contribution is -2.36. The standard InChI is InChI=1S/C22H22N4O5S2/c27-20(23-15-10-11-33(28,29)14-15)13-32-22-25-24-21(26(22)16-6-2-1-3-7-16)19-12-30-17-8-4-5-9-18(17)31-19/h1-9,15,19H,10-14H2,(H,23,27). The highest BCUT2D eigenvalue weighted by Crippen LogP contribution is 2.36. The minimum Gasteiger partial charge on any atom is -0.485 e. The first-order valence-electron chi connectivity index (χ1n) is 10.5. The number of aromatic nitrogens is 3. The second-order valence-electron chi connectivity index (χ2n) is 7.83. The van der Waals surface area contributed by atoms with Crippen molar-refractivity contribution in [2.24, 2.45) is 0 Å². The third kappa shape index (κ3) is 4.83. The van der Waals surface area contributed by atoms with Crippen molar-refractivity contribution in [2.75, 3.05) is 23.9 Å². The Labute approximate surface area is 195 Å². The number of nitrogens with one attached hydrogen (secondary N) is 1. The second-order valence-corrected chi connectivity index (χ2v) is 11.0. The average Bonchev–Trinajstić information content (AvgIpc) is 3.40. The predicted molar refractivity (Wildman–Crippen MR) is 123 cm³/mol. The first-order valence-corrected chi connectivity index (χ1v) is 13.3.